The van der Waals surface area contributed by atoms with Gasteiger partial charge in [-0.25, -0.2) is 4.98 Å². The molecule has 204 valence electrons. The van der Waals surface area contributed by atoms with Gasteiger partial charge in [-0.05, 0) is 73.7 Å². The van der Waals surface area contributed by atoms with Crippen LogP contribution in [0.2, 0.25) is 0 Å². The Bertz CT molecular complexity index is 1530. The number of pyridine rings is 1. The fraction of sp³-hybridized carbons (Fsp3) is 0.379. The number of nitrogens with zero attached hydrogens (tertiary/aromatic N) is 6. The zero-order chi connectivity index (χ0) is 28.1. The third-order valence-corrected chi connectivity index (χ3v) is 7.28. The van der Waals surface area contributed by atoms with Crippen molar-refractivity contribution in [2.75, 3.05) is 6.54 Å². The summed E-state index contributed by atoms with van der Waals surface area (Å²) in [5.41, 5.74) is 3.89. The number of rotatable bonds is 6. The van der Waals surface area contributed by atoms with Gasteiger partial charge >= 0.3 is 6.18 Å². The van der Waals surface area contributed by atoms with Gasteiger partial charge in [-0.3, -0.25) is 14.5 Å². The second kappa shape index (κ2) is 9.98. The number of carbonyl (C=O) groups excluding carboxylic acids is 1. The lowest BCUT2D eigenvalue weighted by Gasteiger charge is -2.35. The molecule has 4 aromatic rings. The van der Waals surface area contributed by atoms with Crippen LogP contribution < -0.4 is 0 Å². The number of benzene rings is 1. The molecule has 0 saturated carbocycles. The second-order valence-corrected chi connectivity index (χ2v) is 10.2. The lowest BCUT2D eigenvalue weighted by molar-refractivity contribution is -0.140. The van der Waals surface area contributed by atoms with Crippen molar-refractivity contribution in [2.24, 2.45) is 7.05 Å². The molecule has 39 heavy (non-hydrogen) atoms. The van der Waals surface area contributed by atoms with Crippen LogP contribution >= 0.6 is 0 Å². The summed E-state index contributed by atoms with van der Waals surface area (Å²) in [7, 11) is 1.47. The first-order valence-electron chi connectivity index (χ1n) is 13.0. The molecule has 0 fully saturated rings. The van der Waals surface area contributed by atoms with Gasteiger partial charge in [0.1, 0.15) is 5.82 Å². The highest BCUT2D eigenvalue weighted by atomic mass is 19.4. The van der Waals surface area contributed by atoms with E-state index in [2.05, 4.69) is 15.1 Å². The predicted molar refractivity (Wildman–Crippen MR) is 141 cm³/mol. The van der Waals surface area contributed by atoms with Crippen LogP contribution in [0, 0.1) is 13.8 Å². The molecule has 4 heterocycles. The first kappa shape index (κ1) is 26.6. The van der Waals surface area contributed by atoms with Gasteiger partial charge in [0, 0.05) is 62.0 Å². The lowest BCUT2D eigenvalue weighted by atomic mass is 9.87. The predicted octanol–water partition coefficient (Wildman–Crippen LogP) is 5.68. The molecule has 0 aliphatic carbocycles. The molecular weight excluding hydrogens is 505 g/mol. The first-order chi connectivity index (χ1) is 18.5. The summed E-state index contributed by atoms with van der Waals surface area (Å²) in [6.45, 7) is 8.60. The van der Waals surface area contributed by atoms with E-state index < -0.39 is 11.9 Å². The number of hydrogen-bond acceptors (Lipinski definition) is 4. The van der Waals surface area contributed by atoms with Gasteiger partial charge in [-0.2, -0.15) is 18.3 Å². The van der Waals surface area contributed by atoms with Crippen LogP contribution in [-0.4, -0.2) is 41.7 Å². The smallest absolute Gasteiger partial charge is 0.331 e. The molecule has 0 N–H and O–H groups in total. The summed E-state index contributed by atoms with van der Waals surface area (Å²) >= 11 is 0. The average molecular weight is 537 g/mol. The summed E-state index contributed by atoms with van der Waals surface area (Å²) in [6, 6.07) is 7.24. The minimum atomic E-state index is -4.63. The van der Waals surface area contributed by atoms with Gasteiger partial charge in [0.2, 0.25) is 0 Å². The third kappa shape index (κ3) is 5.07. The van der Waals surface area contributed by atoms with Crippen molar-refractivity contribution in [3.63, 3.8) is 0 Å². The summed E-state index contributed by atoms with van der Waals surface area (Å²) in [5.74, 6) is 0.640. The van der Waals surface area contributed by atoms with Crippen LogP contribution in [0.5, 0.6) is 0 Å². The number of hydrogen-bond donors (Lipinski definition) is 0. The Balaban J connectivity index is 1.64. The quantitative estimate of drug-likeness (QED) is 0.318. The van der Waals surface area contributed by atoms with Crippen LogP contribution in [0.4, 0.5) is 13.2 Å². The summed E-state index contributed by atoms with van der Waals surface area (Å²) in [4.78, 5) is 24.8. The highest BCUT2D eigenvalue weighted by molar-refractivity contribution is 5.99. The molecule has 1 atom stereocenters. The minimum Gasteiger partial charge on any atom is -0.331 e. The van der Waals surface area contributed by atoms with E-state index in [1.165, 1.54) is 17.9 Å². The molecule has 1 aliphatic rings. The van der Waals surface area contributed by atoms with Gasteiger partial charge in [0.05, 0.1) is 11.7 Å². The zero-order valence-corrected chi connectivity index (χ0v) is 22.7. The van der Waals surface area contributed by atoms with E-state index >= 15 is 0 Å². The third-order valence-electron chi connectivity index (χ3n) is 7.28. The number of halogens is 3. The molecule has 1 aromatic carbocycles. The Morgan fingerprint density at radius 3 is 2.51 bits per heavy atom. The molecule has 3 aromatic heterocycles. The highest BCUT2D eigenvalue weighted by Crippen LogP contribution is 2.40. The fourth-order valence-electron chi connectivity index (χ4n) is 5.52. The van der Waals surface area contributed by atoms with Crippen molar-refractivity contribution in [3.8, 4) is 11.1 Å². The molecule has 0 unspecified atom stereocenters. The molecule has 0 bridgehead atoms. The number of aryl methyl sites for hydroxylation is 4. The van der Waals surface area contributed by atoms with Gasteiger partial charge < -0.3 is 9.47 Å². The summed E-state index contributed by atoms with van der Waals surface area (Å²) in [5, 5.41) is 3.73. The van der Waals surface area contributed by atoms with Gasteiger partial charge in [-0.15, -0.1) is 0 Å². The van der Waals surface area contributed by atoms with E-state index in [9.17, 15) is 18.0 Å². The monoisotopic (exact) mass is 536 g/mol. The zero-order valence-electron chi connectivity index (χ0n) is 22.7. The van der Waals surface area contributed by atoms with E-state index in [1.807, 2.05) is 56.7 Å². The van der Waals surface area contributed by atoms with Crippen LogP contribution in [0.3, 0.4) is 0 Å². The van der Waals surface area contributed by atoms with Crippen LogP contribution in [0.15, 0.2) is 42.9 Å². The number of imidazole rings is 1. The van der Waals surface area contributed by atoms with Crippen LogP contribution in [-0.2, 0) is 32.6 Å². The molecule has 0 saturated heterocycles. The van der Waals surface area contributed by atoms with Crippen molar-refractivity contribution in [1.82, 2.24) is 29.2 Å². The topological polar surface area (TPSA) is 68.8 Å². The number of carbonyl (C=O) groups is 1. The van der Waals surface area contributed by atoms with Crippen molar-refractivity contribution in [1.29, 1.82) is 0 Å². The average Bonchev–Trinajstić information content (AvgIpc) is 3.49. The van der Waals surface area contributed by atoms with E-state index in [4.69, 9.17) is 0 Å². The largest absolute Gasteiger partial charge is 0.435 e. The van der Waals surface area contributed by atoms with Crippen molar-refractivity contribution < 1.29 is 18.0 Å². The summed E-state index contributed by atoms with van der Waals surface area (Å²) < 4.78 is 45.2. The standard InChI is InChI=1S/C29H31F3N6O/c1-6-26-33-8-10-37(26)15-20-13-22(24-16-36(5)35-27(24)29(30,31)32)21-7-9-38(28(39)23(21)14-20)19(4)25-12-17(2)11-18(3)34-25/h8,10-14,16,19H,6-7,9,15H2,1-5H3/t19-/m0/s1. The molecule has 5 rings (SSSR count). The van der Waals surface area contributed by atoms with Gasteiger partial charge in [0.25, 0.3) is 5.91 Å². The Hall–Kier alpha value is -3.95. The molecule has 0 spiro atoms. The maximum absolute atomic E-state index is 14.0. The first-order valence-corrected chi connectivity index (χ1v) is 13.0. The molecular formula is C29H31F3N6O. The van der Waals surface area contributed by atoms with E-state index in [0.717, 1.165) is 28.3 Å². The normalized spacial score (nSPS) is 14.6. The highest BCUT2D eigenvalue weighted by Gasteiger charge is 2.39. The molecule has 1 aliphatic heterocycles. The number of fused-ring (bicyclic) bond motifs is 1. The molecule has 1 amide bonds. The van der Waals surface area contributed by atoms with Gasteiger partial charge in [0.15, 0.2) is 5.69 Å². The Kier molecular flexibility index (Phi) is 6.82. The summed E-state index contributed by atoms with van der Waals surface area (Å²) in [6.07, 6.45) is 1.42. The minimum absolute atomic E-state index is 0.0188. The van der Waals surface area contributed by atoms with Crippen molar-refractivity contribution in [2.45, 2.75) is 59.3 Å². The number of aromatic nitrogens is 5. The van der Waals surface area contributed by atoms with Crippen molar-refractivity contribution in [3.05, 3.63) is 88.0 Å². The maximum Gasteiger partial charge on any atom is 0.435 e. The second-order valence-electron chi connectivity index (χ2n) is 10.2. The van der Waals surface area contributed by atoms with Crippen molar-refractivity contribution >= 4 is 5.91 Å². The van der Waals surface area contributed by atoms with E-state index in [1.54, 1.807) is 17.2 Å². The number of amides is 1. The lowest BCUT2D eigenvalue weighted by Crippen LogP contribution is -2.40. The molecule has 10 heteroatoms. The van der Waals surface area contributed by atoms with E-state index in [-0.39, 0.29) is 17.5 Å². The number of alkyl halides is 3. The van der Waals surface area contributed by atoms with Gasteiger partial charge in [-0.1, -0.05) is 6.92 Å². The SMILES string of the molecule is CCc1nccn1Cc1cc2c(c(-c3cn(C)nc3C(F)(F)F)c1)CCN([C@@H](C)c1cc(C)cc(C)n1)C2=O. The van der Waals surface area contributed by atoms with E-state index in [0.29, 0.717) is 42.6 Å². The van der Waals surface area contributed by atoms with Crippen LogP contribution in [0.1, 0.15) is 69.8 Å². The molecule has 7 nitrogen and oxygen atoms in total. The van der Waals surface area contributed by atoms with Crippen LogP contribution in [0.25, 0.3) is 11.1 Å². The molecule has 0 radical (unpaired) electrons. The fourth-order valence-corrected chi connectivity index (χ4v) is 5.52. The Morgan fingerprint density at radius 1 is 1.08 bits per heavy atom. The Morgan fingerprint density at radius 2 is 1.82 bits per heavy atom. The Labute approximate surface area is 225 Å². The maximum atomic E-state index is 14.0.